The highest BCUT2D eigenvalue weighted by molar-refractivity contribution is 5.86. The summed E-state index contributed by atoms with van der Waals surface area (Å²) >= 11 is 0. The summed E-state index contributed by atoms with van der Waals surface area (Å²) in [6.45, 7) is 7.44. The minimum absolute atomic E-state index is 0.112. The van der Waals surface area contributed by atoms with Gasteiger partial charge in [-0.05, 0) is 6.92 Å². The van der Waals surface area contributed by atoms with E-state index in [4.69, 9.17) is 4.74 Å². The Balaban J connectivity index is 4.16. The first-order valence-corrected chi connectivity index (χ1v) is 4.73. The molecule has 0 aromatic carbocycles. The Kier molecular flexibility index (Phi) is 5.35. The minimum Gasteiger partial charge on any atom is -0.466 e. The summed E-state index contributed by atoms with van der Waals surface area (Å²) in [5.74, 6) is -0.728. The number of ketones is 1. The number of Topliss-reactive ketones (excluding diaryl/α,β-unsaturated/α-hetero) is 1. The van der Waals surface area contributed by atoms with E-state index in [1.165, 1.54) is 0 Å². The summed E-state index contributed by atoms with van der Waals surface area (Å²) < 4.78 is 4.83. The fraction of sp³-hybridized carbons (Fsp3) is 0.800. The van der Waals surface area contributed by atoms with Crippen LogP contribution in [0.5, 0.6) is 0 Å². The molecule has 0 spiro atoms. The Morgan fingerprint density at radius 2 is 1.69 bits per heavy atom. The number of esters is 1. The van der Waals surface area contributed by atoms with Gasteiger partial charge in [0.2, 0.25) is 0 Å². The van der Waals surface area contributed by atoms with Gasteiger partial charge in [-0.3, -0.25) is 9.59 Å². The van der Waals surface area contributed by atoms with Crippen LogP contribution in [0, 0.1) is 11.8 Å². The standard InChI is InChI=1S/C10H18O3/c1-5-9(11)7(3)8(4)10(12)13-6-2/h7-8H,5-6H2,1-4H3. The van der Waals surface area contributed by atoms with Gasteiger partial charge < -0.3 is 4.74 Å². The van der Waals surface area contributed by atoms with E-state index in [0.29, 0.717) is 13.0 Å². The van der Waals surface area contributed by atoms with Crippen molar-refractivity contribution in [1.82, 2.24) is 0 Å². The van der Waals surface area contributed by atoms with Crippen molar-refractivity contribution >= 4 is 11.8 Å². The van der Waals surface area contributed by atoms with E-state index in [-0.39, 0.29) is 23.6 Å². The van der Waals surface area contributed by atoms with Crippen LogP contribution >= 0.6 is 0 Å². The molecule has 0 heterocycles. The third kappa shape index (κ3) is 3.57. The van der Waals surface area contributed by atoms with Gasteiger partial charge >= 0.3 is 5.97 Å². The Bertz CT molecular complexity index is 187. The molecule has 2 atom stereocenters. The second kappa shape index (κ2) is 5.73. The van der Waals surface area contributed by atoms with Crippen LogP contribution in [-0.2, 0) is 14.3 Å². The van der Waals surface area contributed by atoms with Gasteiger partial charge in [-0.2, -0.15) is 0 Å². The molecule has 0 aromatic rings. The van der Waals surface area contributed by atoms with Gasteiger partial charge in [0.25, 0.3) is 0 Å². The predicted octanol–water partition coefficient (Wildman–Crippen LogP) is 1.80. The lowest BCUT2D eigenvalue weighted by Gasteiger charge is -2.16. The Hall–Kier alpha value is -0.860. The number of rotatable bonds is 5. The van der Waals surface area contributed by atoms with Crippen molar-refractivity contribution in [2.45, 2.75) is 34.1 Å². The molecule has 3 nitrogen and oxygen atoms in total. The van der Waals surface area contributed by atoms with Crippen LogP contribution in [0.4, 0.5) is 0 Å². The fourth-order valence-electron chi connectivity index (χ4n) is 1.08. The first kappa shape index (κ1) is 12.1. The maximum Gasteiger partial charge on any atom is 0.309 e. The normalized spacial score (nSPS) is 14.8. The molecule has 0 saturated heterocycles. The number of hydrogen-bond acceptors (Lipinski definition) is 3. The van der Waals surface area contributed by atoms with Crippen LogP contribution in [-0.4, -0.2) is 18.4 Å². The number of hydrogen-bond donors (Lipinski definition) is 0. The smallest absolute Gasteiger partial charge is 0.309 e. The van der Waals surface area contributed by atoms with Crippen LogP contribution in [0.15, 0.2) is 0 Å². The molecule has 0 aliphatic rings. The van der Waals surface area contributed by atoms with E-state index in [1.54, 1.807) is 27.7 Å². The second-order valence-corrected chi connectivity index (χ2v) is 3.15. The molecule has 13 heavy (non-hydrogen) atoms. The summed E-state index contributed by atoms with van der Waals surface area (Å²) in [6.07, 6.45) is 0.477. The summed E-state index contributed by atoms with van der Waals surface area (Å²) in [4.78, 5) is 22.5. The molecular weight excluding hydrogens is 168 g/mol. The quantitative estimate of drug-likeness (QED) is 0.615. The van der Waals surface area contributed by atoms with E-state index in [0.717, 1.165) is 0 Å². The first-order chi connectivity index (χ1) is 6.04. The fourth-order valence-corrected chi connectivity index (χ4v) is 1.08. The molecule has 0 rings (SSSR count). The average molecular weight is 186 g/mol. The molecule has 0 aliphatic carbocycles. The lowest BCUT2D eigenvalue weighted by Crippen LogP contribution is -2.26. The topological polar surface area (TPSA) is 43.4 Å². The highest BCUT2D eigenvalue weighted by atomic mass is 16.5. The van der Waals surface area contributed by atoms with Gasteiger partial charge in [0.15, 0.2) is 0 Å². The molecule has 0 bridgehead atoms. The number of carbonyl (C=O) groups is 2. The third-order valence-electron chi connectivity index (χ3n) is 2.26. The predicted molar refractivity (Wildman–Crippen MR) is 50.3 cm³/mol. The Morgan fingerprint density at radius 1 is 1.15 bits per heavy atom. The molecule has 0 saturated carbocycles. The Labute approximate surface area is 79.5 Å². The van der Waals surface area contributed by atoms with Crippen molar-refractivity contribution < 1.29 is 14.3 Å². The van der Waals surface area contributed by atoms with Crippen LogP contribution < -0.4 is 0 Å². The molecular formula is C10H18O3. The average Bonchev–Trinajstić information content (AvgIpc) is 2.14. The summed E-state index contributed by atoms with van der Waals surface area (Å²) in [6, 6.07) is 0. The molecule has 3 heteroatoms. The lowest BCUT2D eigenvalue weighted by molar-refractivity contribution is -0.151. The van der Waals surface area contributed by atoms with Crippen molar-refractivity contribution in [2.24, 2.45) is 11.8 Å². The van der Waals surface area contributed by atoms with E-state index < -0.39 is 0 Å². The highest BCUT2D eigenvalue weighted by Crippen LogP contribution is 2.15. The van der Waals surface area contributed by atoms with Crippen LogP contribution in [0.25, 0.3) is 0 Å². The SMILES string of the molecule is CCOC(=O)C(C)C(C)C(=O)CC. The van der Waals surface area contributed by atoms with Crippen molar-refractivity contribution in [1.29, 1.82) is 0 Å². The van der Waals surface area contributed by atoms with Gasteiger partial charge in [-0.1, -0.05) is 20.8 Å². The first-order valence-electron chi connectivity index (χ1n) is 4.73. The minimum atomic E-state index is -0.326. The molecule has 0 aromatic heterocycles. The van der Waals surface area contributed by atoms with Gasteiger partial charge in [0.1, 0.15) is 5.78 Å². The summed E-state index contributed by atoms with van der Waals surface area (Å²) in [7, 11) is 0. The highest BCUT2D eigenvalue weighted by Gasteiger charge is 2.25. The molecule has 0 amide bonds. The van der Waals surface area contributed by atoms with Crippen molar-refractivity contribution in [3.63, 3.8) is 0 Å². The zero-order valence-electron chi connectivity index (χ0n) is 8.79. The molecule has 0 aliphatic heterocycles. The van der Waals surface area contributed by atoms with Gasteiger partial charge in [0, 0.05) is 12.3 Å². The van der Waals surface area contributed by atoms with Crippen molar-refractivity contribution in [2.75, 3.05) is 6.61 Å². The van der Waals surface area contributed by atoms with Crippen LogP contribution in [0.3, 0.4) is 0 Å². The van der Waals surface area contributed by atoms with Gasteiger partial charge in [0.05, 0.1) is 12.5 Å². The monoisotopic (exact) mass is 186 g/mol. The molecule has 0 N–H and O–H groups in total. The zero-order chi connectivity index (χ0) is 10.4. The summed E-state index contributed by atoms with van der Waals surface area (Å²) in [5.41, 5.74) is 0. The Morgan fingerprint density at radius 3 is 2.08 bits per heavy atom. The molecule has 2 unspecified atom stereocenters. The zero-order valence-corrected chi connectivity index (χ0v) is 8.79. The van der Waals surface area contributed by atoms with Crippen LogP contribution in [0.2, 0.25) is 0 Å². The number of ether oxygens (including phenoxy) is 1. The van der Waals surface area contributed by atoms with Crippen molar-refractivity contribution in [3.05, 3.63) is 0 Å². The van der Waals surface area contributed by atoms with Gasteiger partial charge in [-0.15, -0.1) is 0 Å². The molecule has 0 fully saturated rings. The van der Waals surface area contributed by atoms with E-state index in [2.05, 4.69) is 0 Å². The largest absolute Gasteiger partial charge is 0.466 e. The van der Waals surface area contributed by atoms with Crippen LogP contribution in [0.1, 0.15) is 34.1 Å². The maximum atomic E-state index is 11.3. The number of carbonyl (C=O) groups excluding carboxylic acids is 2. The maximum absolute atomic E-state index is 11.3. The van der Waals surface area contributed by atoms with E-state index in [1.807, 2.05) is 0 Å². The van der Waals surface area contributed by atoms with Crippen molar-refractivity contribution in [3.8, 4) is 0 Å². The molecule has 76 valence electrons. The second-order valence-electron chi connectivity index (χ2n) is 3.15. The summed E-state index contributed by atoms with van der Waals surface area (Å²) in [5, 5.41) is 0. The van der Waals surface area contributed by atoms with Gasteiger partial charge in [-0.25, -0.2) is 0 Å². The lowest BCUT2D eigenvalue weighted by atomic mass is 9.91. The third-order valence-corrected chi connectivity index (χ3v) is 2.26. The van der Waals surface area contributed by atoms with E-state index >= 15 is 0 Å². The molecule has 0 radical (unpaired) electrons. The van der Waals surface area contributed by atoms with E-state index in [9.17, 15) is 9.59 Å².